The number of carbonyl (C=O) groups is 1. The van der Waals surface area contributed by atoms with Crippen molar-refractivity contribution in [1.29, 1.82) is 0 Å². The van der Waals surface area contributed by atoms with Gasteiger partial charge in [-0.25, -0.2) is 0 Å². The smallest absolute Gasteiger partial charge is 0.234 e. The molecule has 0 fully saturated rings. The first-order valence-electron chi connectivity index (χ1n) is 5.34. The van der Waals surface area contributed by atoms with Crippen LogP contribution >= 0.6 is 0 Å². The summed E-state index contributed by atoms with van der Waals surface area (Å²) in [6.45, 7) is 3.75. The zero-order valence-electron chi connectivity index (χ0n) is 10.1. The molecule has 0 saturated heterocycles. The first kappa shape index (κ1) is 15.3. The summed E-state index contributed by atoms with van der Waals surface area (Å²) < 4.78 is 14.8. The minimum absolute atomic E-state index is 0.0357. The number of methoxy groups -OCH3 is 2. The van der Waals surface area contributed by atoms with Gasteiger partial charge in [-0.3, -0.25) is 4.79 Å². The highest BCUT2D eigenvalue weighted by Gasteiger charge is 1.98. The molecule has 1 amide bonds. The van der Waals surface area contributed by atoms with Gasteiger partial charge in [0.25, 0.3) is 0 Å². The molecule has 0 aromatic rings. The van der Waals surface area contributed by atoms with E-state index in [0.717, 1.165) is 0 Å². The maximum atomic E-state index is 11.2. The van der Waals surface area contributed by atoms with Gasteiger partial charge in [0.05, 0.1) is 33.0 Å². The Morgan fingerprint density at radius 1 is 1.00 bits per heavy atom. The van der Waals surface area contributed by atoms with Gasteiger partial charge < -0.3 is 24.8 Å². The zero-order valence-corrected chi connectivity index (χ0v) is 10.1. The lowest BCUT2D eigenvalue weighted by Crippen LogP contribution is -2.36. The number of ether oxygens (including phenoxy) is 3. The summed E-state index contributed by atoms with van der Waals surface area (Å²) >= 11 is 0. The number of hydrogen-bond donors (Lipinski definition) is 2. The third-order valence-corrected chi connectivity index (χ3v) is 1.77. The molecule has 0 saturated carbocycles. The van der Waals surface area contributed by atoms with Crippen LogP contribution in [0, 0.1) is 0 Å². The molecule has 6 nitrogen and oxygen atoms in total. The van der Waals surface area contributed by atoms with E-state index in [1.807, 2.05) is 0 Å². The molecule has 0 rings (SSSR count). The summed E-state index contributed by atoms with van der Waals surface area (Å²) in [5, 5.41) is 5.68. The van der Waals surface area contributed by atoms with Crippen LogP contribution in [0.2, 0.25) is 0 Å². The van der Waals surface area contributed by atoms with Crippen LogP contribution in [0.4, 0.5) is 0 Å². The van der Waals surface area contributed by atoms with E-state index in [0.29, 0.717) is 46.1 Å². The Hall–Kier alpha value is -0.690. The first-order valence-corrected chi connectivity index (χ1v) is 5.34. The average molecular weight is 234 g/mol. The van der Waals surface area contributed by atoms with E-state index in [4.69, 9.17) is 14.2 Å². The predicted octanol–water partition coefficient (Wildman–Crippen LogP) is -0.998. The molecule has 0 aliphatic carbocycles. The molecule has 0 radical (unpaired) electrons. The number of nitrogens with one attached hydrogen (secondary N) is 2. The molecule has 6 heteroatoms. The molecular formula is C10H22N2O4. The van der Waals surface area contributed by atoms with Gasteiger partial charge in [-0.2, -0.15) is 0 Å². The molecule has 16 heavy (non-hydrogen) atoms. The SMILES string of the molecule is COCCNCC(=O)NCCOCCOC. The number of carbonyl (C=O) groups excluding carboxylic acids is 1. The molecule has 0 aromatic heterocycles. The summed E-state index contributed by atoms with van der Waals surface area (Å²) in [5.74, 6) is -0.0357. The second kappa shape index (κ2) is 12.4. The third kappa shape index (κ3) is 11.4. The Balaban J connectivity index is 3.11. The van der Waals surface area contributed by atoms with Gasteiger partial charge in [0.1, 0.15) is 0 Å². The highest BCUT2D eigenvalue weighted by atomic mass is 16.5. The van der Waals surface area contributed by atoms with Crippen LogP contribution in [0.5, 0.6) is 0 Å². The van der Waals surface area contributed by atoms with Crippen molar-refractivity contribution < 1.29 is 19.0 Å². The van der Waals surface area contributed by atoms with Crippen molar-refractivity contribution in [2.24, 2.45) is 0 Å². The van der Waals surface area contributed by atoms with E-state index in [1.165, 1.54) is 0 Å². The Bertz CT molecular complexity index is 167. The minimum atomic E-state index is -0.0357. The average Bonchev–Trinajstić information content (AvgIpc) is 2.29. The molecule has 0 atom stereocenters. The van der Waals surface area contributed by atoms with Crippen LogP contribution in [0.15, 0.2) is 0 Å². The summed E-state index contributed by atoms with van der Waals surface area (Å²) in [5.41, 5.74) is 0. The maximum absolute atomic E-state index is 11.2. The van der Waals surface area contributed by atoms with Crippen molar-refractivity contribution in [3.05, 3.63) is 0 Å². The maximum Gasteiger partial charge on any atom is 0.234 e. The lowest BCUT2D eigenvalue weighted by atomic mass is 10.5. The van der Waals surface area contributed by atoms with Crippen molar-refractivity contribution in [2.75, 3.05) is 60.3 Å². The van der Waals surface area contributed by atoms with E-state index >= 15 is 0 Å². The standard InChI is InChI=1S/C10H22N2O4/c1-14-5-3-11-9-10(13)12-4-6-16-8-7-15-2/h11H,3-9H2,1-2H3,(H,12,13). The van der Waals surface area contributed by atoms with Gasteiger partial charge in [-0.1, -0.05) is 0 Å². The monoisotopic (exact) mass is 234 g/mol. The van der Waals surface area contributed by atoms with Crippen LogP contribution in [0.1, 0.15) is 0 Å². The van der Waals surface area contributed by atoms with E-state index in [1.54, 1.807) is 14.2 Å². The van der Waals surface area contributed by atoms with E-state index in [-0.39, 0.29) is 5.91 Å². The van der Waals surface area contributed by atoms with Crippen LogP contribution in [-0.4, -0.2) is 66.2 Å². The van der Waals surface area contributed by atoms with E-state index < -0.39 is 0 Å². The Morgan fingerprint density at radius 2 is 1.75 bits per heavy atom. The molecule has 0 spiro atoms. The van der Waals surface area contributed by atoms with Crippen LogP contribution in [-0.2, 0) is 19.0 Å². The molecule has 0 aliphatic rings. The number of amides is 1. The van der Waals surface area contributed by atoms with Gasteiger partial charge in [-0.15, -0.1) is 0 Å². The third-order valence-electron chi connectivity index (χ3n) is 1.77. The Kier molecular flexibility index (Phi) is 11.8. The second-order valence-electron chi connectivity index (χ2n) is 3.12. The van der Waals surface area contributed by atoms with E-state index in [9.17, 15) is 4.79 Å². The Labute approximate surface area is 96.6 Å². The zero-order chi connectivity index (χ0) is 12.1. The summed E-state index contributed by atoms with van der Waals surface area (Å²) in [6.07, 6.45) is 0. The van der Waals surface area contributed by atoms with Crippen molar-refractivity contribution in [2.45, 2.75) is 0 Å². The minimum Gasteiger partial charge on any atom is -0.383 e. The molecule has 0 aliphatic heterocycles. The lowest BCUT2D eigenvalue weighted by molar-refractivity contribution is -0.120. The van der Waals surface area contributed by atoms with Crippen LogP contribution in [0.25, 0.3) is 0 Å². The van der Waals surface area contributed by atoms with Crippen LogP contribution in [0.3, 0.4) is 0 Å². The summed E-state index contributed by atoms with van der Waals surface area (Å²) in [6, 6.07) is 0. The molecular weight excluding hydrogens is 212 g/mol. The van der Waals surface area contributed by atoms with Crippen molar-refractivity contribution in [3.8, 4) is 0 Å². The largest absolute Gasteiger partial charge is 0.383 e. The molecule has 0 bridgehead atoms. The first-order chi connectivity index (χ1) is 7.81. The Morgan fingerprint density at radius 3 is 2.44 bits per heavy atom. The summed E-state index contributed by atoms with van der Waals surface area (Å²) in [4.78, 5) is 11.2. The summed E-state index contributed by atoms with van der Waals surface area (Å²) in [7, 11) is 3.25. The normalized spacial score (nSPS) is 10.4. The molecule has 0 aromatic carbocycles. The van der Waals surface area contributed by atoms with Crippen molar-refractivity contribution in [1.82, 2.24) is 10.6 Å². The van der Waals surface area contributed by atoms with Gasteiger partial charge >= 0.3 is 0 Å². The molecule has 2 N–H and O–H groups in total. The second-order valence-corrected chi connectivity index (χ2v) is 3.12. The van der Waals surface area contributed by atoms with E-state index in [2.05, 4.69) is 10.6 Å². The number of hydrogen-bond acceptors (Lipinski definition) is 5. The predicted molar refractivity (Wildman–Crippen MR) is 60.5 cm³/mol. The van der Waals surface area contributed by atoms with Gasteiger partial charge in [0.2, 0.25) is 5.91 Å². The highest BCUT2D eigenvalue weighted by Crippen LogP contribution is 1.75. The molecule has 0 heterocycles. The van der Waals surface area contributed by atoms with Crippen molar-refractivity contribution in [3.63, 3.8) is 0 Å². The fourth-order valence-electron chi connectivity index (χ4n) is 0.946. The molecule has 96 valence electrons. The van der Waals surface area contributed by atoms with Crippen molar-refractivity contribution >= 4 is 5.91 Å². The fourth-order valence-corrected chi connectivity index (χ4v) is 0.946. The van der Waals surface area contributed by atoms with Crippen LogP contribution < -0.4 is 10.6 Å². The molecule has 0 unspecified atom stereocenters. The van der Waals surface area contributed by atoms with Gasteiger partial charge in [0.15, 0.2) is 0 Å². The quantitative estimate of drug-likeness (QED) is 0.449. The fraction of sp³-hybridized carbons (Fsp3) is 0.900. The topological polar surface area (TPSA) is 68.8 Å². The van der Waals surface area contributed by atoms with Gasteiger partial charge in [0, 0.05) is 27.3 Å². The number of rotatable bonds is 11. The highest BCUT2D eigenvalue weighted by molar-refractivity contribution is 5.77. The van der Waals surface area contributed by atoms with Gasteiger partial charge in [-0.05, 0) is 0 Å². The lowest BCUT2D eigenvalue weighted by Gasteiger charge is -2.07.